The average molecular weight is 328 g/mol. The minimum absolute atomic E-state index is 0.829. The second-order valence-electron chi connectivity index (χ2n) is 4.96. The average Bonchev–Trinajstić information content (AvgIpc) is 2.47. The summed E-state index contributed by atoms with van der Waals surface area (Å²) in [7, 11) is 0. The van der Waals surface area contributed by atoms with Crippen molar-refractivity contribution in [2.24, 2.45) is 0 Å². The Balaban J connectivity index is 2.16. The van der Waals surface area contributed by atoms with Gasteiger partial charge in [-0.1, -0.05) is 52.3 Å². The first-order chi connectivity index (χ1) is 9.59. The highest BCUT2D eigenvalue weighted by Gasteiger charge is 2.27. The van der Waals surface area contributed by atoms with Gasteiger partial charge >= 0.3 is 0 Å². The van der Waals surface area contributed by atoms with Crippen molar-refractivity contribution in [1.82, 2.24) is 4.98 Å². The molecule has 0 spiro atoms. The van der Waals surface area contributed by atoms with E-state index >= 15 is 0 Å². The van der Waals surface area contributed by atoms with Crippen molar-refractivity contribution in [3.8, 4) is 0 Å². The number of pyridine rings is 1. The number of aromatic nitrogens is 1. The Morgan fingerprint density at radius 3 is 2.65 bits per heavy atom. The number of fused-ring (bicyclic) bond motifs is 1. The smallest absolute Gasteiger partial charge is 0.113 e. The van der Waals surface area contributed by atoms with Crippen molar-refractivity contribution in [3.63, 3.8) is 0 Å². The molecule has 0 amide bonds. The highest BCUT2D eigenvalue weighted by atomic mass is 79.9. The minimum Gasteiger partial charge on any atom is -0.381 e. The fourth-order valence-corrected chi connectivity index (χ4v) is 3.05. The zero-order chi connectivity index (χ0) is 14.2. The number of nitrogens with zero attached hydrogens (tertiary/aromatic N) is 1. The van der Waals surface area contributed by atoms with Crippen LogP contribution < -0.4 is 0 Å². The molecule has 2 aromatic carbocycles. The molecular weight excluding hydrogens is 314 g/mol. The van der Waals surface area contributed by atoms with Crippen LogP contribution in [-0.4, -0.2) is 10.1 Å². The molecule has 0 aliphatic heterocycles. The molecule has 0 fully saturated rings. The first-order valence-corrected chi connectivity index (χ1v) is 7.21. The molecule has 3 heteroatoms. The molecule has 1 N–H and O–H groups in total. The van der Waals surface area contributed by atoms with Crippen LogP contribution in [0.3, 0.4) is 0 Å². The maximum Gasteiger partial charge on any atom is 0.113 e. The number of halogens is 1. The van der Waals surface area contributed by atoms with Crippen LogP contribution in [0.4, 0.5) is 0 Å². The fraction of sp³-hybridized carbons (Fsp3) is 0.118. The van der Waals surface area contributed by atoms with Crippen LogP contribution in [0.25, 0.3) is 10.9 Å². The summed E-state index contributed by atoms with van der Waals surface area (Å²) in [6, 6.07) is 17.5. The van der Waals surface area contributed by atoms with Crippen molar-refractivity contribution >= 4 is 26.8 Å². The van der Waals surface area contributed by atoms with Crippen LogP contribution in [0.5, 0.6) is 0 Å². The predicted octanol–water partition coefficient (Wildman–Crippen LogP) is 4.25. The van der Waals surface area contributed by atoms with E-state index in [9.17, 15) is 5.11 Å². The van der Waals surface area contributed by atoms with Gasteiger partial charge in [0.25, 0.3) is 0 Å². The Morgan fingerprint density at radius 2 is 1.85 bits per heavy atom. The second kappa shape index (κ2) is 5.00. The Morgan fingerprint density at radius 1 is 1.05 bits per heavy atom. The van der Waals surface area contributed by atoms with E-state index in [-0.39, 0.29) is 0 Å². The molecule has 2 nitrogen and oxygen atoms in total. The van der Waals surface area contributed by atoms with Crippen LogP contribution in [0.15, 0.2) is 65.3 Å². The molecule has 0 aliphatic carbocycles. The summed E-state index contributed by atoms with van der Waals surface area (Å²) in [5.74, 6) is 0. The molecule has 100 valence electrons. The molecule has 0 bridgehead atoms. The van der Waals surface area contributed by atoms with Crippen molar-refractivity contribution in [2.45, 2.75) is 12.5 Å². The highest BCUT2D eigenvalue weighted by molar-refractivity contribution is 9.10. The number of hydrogen-bond acceptors (Lipinski definition) is 2. The topological polar surface area (TPSA) is 33.1 Å². The van der Waals surface area contributed by atoms with Gasteiger partial charge in [-0.2, -0.15) is 0 Å². The summed E-state index contributed by atoms with van der Waals surface area (Å²) in [4.78, 5) is 4.35. The standard InChI is InChI=1S/C17H14BrNO/c1-17(20,14-6-2-3-7-15(14)18)13-9-8-12-5-4-10-19-16(12)11-13/h2-11,20H,1H3. The van der Waals surface area contributed by atoms with Gasteiger partial charge in [0.15, 0.2) is 0 Å². The third kappa shape index (κ3) is 2.23. The van der Waals surface area contributed by atoms with E-state index in [1.165, 1.54) is 0 Å². The summed E-state index contributed by atoms with van der Waals surface area (Å²) < 4.78 is 0.895. The fourth-order valence-electron chi connectivity index (χ4n) is 2.38. The lowest BCUT2D eigenvalue weighted by molar-refractivity contribution is 0.102. The van der Waals surface area contributed by atoms with Gasteiger partial charge in [-0.15, -0.1) is 0 Å². The number of aliphatic hydroxyl groups is 1. The van der Waals surface area contributed by atoms with E-state index in [2.05, 4.69) is 20.9 Å². The molecule has 3 aromatic rings. The van der Waals surface area contributed by atoms with Gasteiger partial charge in [0.2, 0.25) is 0 Å². The van der Waals surface area contributed by atoms with Gasteiger partial charge < -0.3 is 5.11 Å². The van der Waals surface area contributed by atoms with Crippen LogP contribution in [0.1, 0.15) is 18.1 Å². The normalized spacial score (nSPS) is 14.2. The van der Waals surface area contributed by atoms with Crippen LogP contribution in [0, 0.1) is 0 Å². The van der Waals surface area contributed by atoms with Gasteiger partial charge in [0.05, 0.1) is 5.52 Å². The van der Waals surface area contributed by atoms with E-state index in [1.807, 2.05) is 54.6 Å². The van der Waals surface area contributed by atoms with E-state index in [1.54, 1.807) is 13.1 Å². The zero-order valence-electron chi connectivity index (χ0n) is 11.0. The first kappa shape index (κ1) is 13.3. The molecule has 0 saturated carbocycles. The molecular formula is C17H14BrNO. The molecule has 20 heavy (non-hydrogen) atoms. The van der Waals surface area contributed by atoms with Crippen molar-refractivity contribution in [3.05, 3.63) is 76.4 Å². The summed E-state index contributed by atoms with van der Waals surface area (Å²) in [6.45, 7) is 1.80. The summed E-state index contributed by atoms with van der Waals surface area (Å²) >= 11 is 3.50. The van der Waals surface area contributed by atoms with E-state index in [4.69, 9.17) is 0 Å². The van der Waals surface area contributed by atoms with E-state index in [0.717, 1.165) is 26.5 Å². The Hall–Kier alpha value is -1.71. The maximum atomic E-state index is 10.9. The largest absolute Gasteiger partial charge is 0.381 e. The second-order valence-corrected chi connectivity index (χ2v) is 5.82. The van der Waals surface area contributed by atoms with Gasteiger partial charge in [0, 0.05) is 21.6 Å². The Kier molecular flexibility index (Phi) is 3.32. The lowest BCUT2D eigenvalue weighted by Crippen LogP contribution is -2.23. The quantitative estimate of drug-likeness (QED) is 0.763. The lowest BCUT2D eigenvalue weighted by atomic mass is 9.88. The summed E-state index contributed by atoms with van der Waals surface area (Å²) in [5, 5.41) is 12.0. The molecule has 1 aromatic heterocycles. The SMILES string of the molecule is CC(O)(c1ccc2cccnc2c1)c1ccccc1Br. The summed E-state index contributed by atoms with van der Waals surface area (Å²) in [6.07, 6.45) is 1.76. The van der Waals surface area contributed by atoms with Crippen LogP contribution in [0.2, 0.25) is 0 Å². The van der Waals surface area contributed by atoms with Gasteiger partial charge in [0.1, 0.15) is 5.60 Å². The molecule has 0 saturated heterocycles. The van der Waals surface area contributed by atoms with Gasteiger partial charge in [-0.25, -0.2) is 0 Å². The lowest BCUT2D eigenvalue weighted by Gasteiger charge is -2.26. The Bertz CT molecular complexity index is 768. The Labute approximate surface area is 126 Å². The van der Waals surface area contributed by atoms with E-state index < -0.39 is 5.60 Å². The maximum absolute atomic E-state index is 10.9. The molecule has 1 heterocycles. The van der Waals surface area contributed by atoms with Crippen LogP contribution in [-0.2, 0) is 5.60 Å². The van der Waals surface area contributed by atoms with E-state index in [0.29, 0.717) is 0 Å². The predicted molar refractivity (Wildman–Crippen MR) is 84.6 cm³/mol. The number of rotatable bonds is 2. The van der Waals surface area contributed by atoms with Gasteiger partial charge in [-0.05, 0) is 30.7 Å². The molecule has 0 aliphatic rings. The number of hydrogen-bond donors (Lipinski definition) is 1. The molecule has 1 atom stereocenters. The monoisotopic (exact) mass is 327 g/mol. The zero-order valence-corrected chi connectivity index (χ0v) is 12.6. The van der Waals surface area contributed by atoms with Gasteiger partial charge in [-0.3, -0.25) is 4.98 Å². The highest BCUT2D eigenvalue weighted by Crippen LogP contribution is 2.34. The minimum atomic E-state index is -1.06. The van der Waals surface area contributed by atoms with Crippen molar-refractivity contribution < 1.29 is 5.11 Å². The molecule has 0 radical (unpaired) electrons. The third-order valence-electron chi connectivity index (χ3n) is 3.57. The van der Waals surface area contributed by atoms with Crippen molar-refractivity contribution in [1.29, 1.82) is 0 Å². The molecule has 3 rings (SSSR count). The number of benzene rings is 2. The molecule has 1 unspecified atom stereocenters. The first-order valence-electron chi connectivity index (χ1n) is 6.42. The third-order valence-corrected chi connectivity index (χ3v) is 4.26. The van der Waals surface area contributed by atoms with Crippen LogP contribution >= 0.6 is 15.9 Å². The van der Waals surface area contributed by atoms with Crippen molar-refractivity contribution in [2.75, 3.05) is 0 Å². The summed E-state index contributed by atoms with van der Waals surface area (Å²) in [5.41, 5.74) is 1.49.